The summed E-state index contributed by atoms with van der Waals surface area (Å²) in [5.41, 5.74) is 1.02. The molecule has 22 heavy (non-hydrogen) atoms. The number of carbonyl (C=O) groups excluding carboxylic acids is 1. The van der Waals surface area contributed by atoms with Gasteiger partial charge in [0.1, 0.15) is 5.75 Å². The van der Waals surface area contributed by atoms with E-state index in [2.05, 4.69) is 0 Å². The molecule has 0 aromatic heterocycles. The zero-order valence-electron chi connectivity index (χ0n) is 12.9. The average molecular weight is 303 g/mol. The molecule has 118 valence electrons. The number of aliphatic carboxylic acids is 1. The van der Waals surface area contributed by atoms with Crippen molar-refractivity contribution in [3.05, 3.63) is 29.8 Å². The van der Waals surface area contributed by atoms with Crippen LogP contribution in [0, 0.1) is 11.8 Å². The van der Waals surface area contributed by atoms with Crippen LogP contribution in [0.1, 0.15) is 25.3 Å². The Morgan fingerprint density at radius 3 is 2.91 bits per heavy atom. The maximum Gasteiger partial charge on any atom is 0.308 e. The third kappa shape index (κ3) is 2.34. The number of fused-ring (bicyclic) bond motifs is 2. The molecule has 5 heteroatoms. The van der Waals surface area contributed by atoms with Crippen molar-refractivity contribution in [3.8, 4) is 5.75 Å². The van der Waals surface area contributed by atoms with Gasteiger partial charge < -0.3 is 14.7 Å². The molecule has 3 rings (SSSR count). The van der Waals surface area contributed by atoms with Gasteiger partial charge in [-0.05, 0) is 18.9 Å². The maximum absolute atomic E-state index is 12.6. The van der Waals surface area contributed by atoms with Crippen LogP contribution >= 0.6 is 0 Å². The van der Waals surface area contributed by atoms with Gasteiger partial charge >= 0.3 is 5.97 Å². The largest absolute Gasteiger partial charge is 0.493 e. The average Bonchev–Trinajstić information content (AvgIpc) is 3.21. The number of carboxylic acids is 1. The van der Waals surface area contributed by atoms with E-state index in [1.54, 1.807) is 18.9 Å². The Hall–Kier alpha value is -2.04. The van der Waals surface area contributed by atoms with Crippen LogP contribution in [0.5, 0.6) is 5.75 Å². The summed E-state index contributed by atoms with van der Waals surface area (Å²) in [6.45, 7) is 2.51. The second-order valence-electron chi connectivity index (χ2n) is 6.47. The Labute approximate surface area is 129 Å². The Morgan fingerprint density at radius 2 is 2.18 bits per heavy atom. The molecule has 1 saturated carbocycles. The molecule has 1 fully saturated rings. The number of nitrogens with zero attached hydrogens (tertiary/aromatic N) is 1. The molecule has 1 aliphatic heterocycles. The molecule has 2 aliphatic rings. The summed E-state index contributed by atoms with van der Waals surface area (Å²) < 4.78 is 5.68. The van der Waals surface area contributed by atoms with Crippen LogP contribution in [-0.4, -0.2) is 42.1 Å². The molecule has 1 aromatic rings. The highest BCUT2D eigenvalue weighted by Gasteiger charge is 2.61. The molecule has 0 saturated heterocycles. The van der Waals surface area contributed by atoms with Gasteiger partial charge in [-0.15, -0.1) is 0 Å². The third-order valence-corrected chi connectivity index (χ3v) is 4.95. The molecule has 1 aromatic carbocycles. The first-order valence-corrected chi connectivity index (χ1v) is 7.66. The van der Waals surface area contributed by atoms with Crippen LogP contribution in [0.25, 0.3) is 0 Å². The Kier molecular flexibility index (Phi) is 3.59. The molecular weight excluding hydrogens is 282 g/mol. The van der Waals surface area contributed by atoms with Gasteiger partial charge in [0.05, 0.1) is 12.5 Å². The second kappa shape index (κ2) is 5.30. The summed E-state index contributed by atoms with van der Waals surface area (Å²) in [5.74, 6) is -0.550. The van der Waals surface area contributed by atoms with Crippen LogP contribution in [-0.2, 0) is 15.0 Å². The highest BCUT2D eigenvalue weighted by molar-refractivity contribution is 5.85. The molecule has 5 nitrogen and oxygen atoms in total. The molecule has 1 amide bonds. The number of hydrogen-bond acceptors (Lipinski definition) is 3. The Bertz CT molecular complexity index is 614. The minimum absolute atomic E-state index is 0.0461. The first-order chi connectivity index (χ1) is 10.5. The lowest BCUT2D eigenvalue weighted by Gasteiger charge is -2.28. The fourth-order valence-electron chi connectivity index (χ4n) is 3.53. The molecule has 1 spiro atoms. The van der Waals surface area contributed by atoms with Gasteiger partial charge in [0.2, 0.25) is 5.91 Å². The van der Waals surface area contributed by atoms with Gasteiger partial charge in [-0.1, -0.05) is 25.1 Å². The maximum atomic E-state index is 12.6. The van der Waals surface area contributed by atoms with Gasteiger partial charge in [-0.3, -0.25) is 9.59 Å². The van der Waals surface area contributed by atoms with Gasteiger partial charge in [0.15, 0.2) is 0 Å². The highest BCUT2D eigenvalue weighted by atomic mass is 16.5. The number of carboxylic acid groups (broad SMARTS) is 1. The monoisotopic (exact) mass is 303 g/mol. The number of hydrogen-bond donors (Lipinski definition) is 1. The first-order valence-electron chi connectivity index (χ1n) is 7.66. The summed E-state index contributed by atoms with van der Waals surface area (Å²) >= 11 is 0. The fourth-order valence-corrected chi connectivity index (χ4v) is 3.53. The van der Waals surface area contributed by atoms with Crippen LogP contribution in [0.4, 0.5) is 0 Å². The zero-order chi connectivity index (χ0) is 15.9. The zero-order valence-corrected chi connectivity index (χ0v) is 12.9. The molecule has 1 aliphatic carbocycles. The number of para-hydroxylation sites is 1. The lowest BCUT2D eigenvalue weighted by atomic mass is 9.87. The van der Waals surface area contributed by atoms with Crippen molar-refractivity contribution in [3.63, 3.8) is 0 Å². The van der Waals surface area contributed by atoms with Crippen molar-refractivity contribution >= 4 is 11.9 Å². The van der Waals surface area contributed by atoms with Gasteiger partial charge in [0, 0.05) is 30.5 Å². The van der Waals surface area contributed by atoms with Crippen LogP contribution in [0.3, 0.4) is 0 Å². The summed E-state index contributed by atoms with van der Waals surface area (Å²) in [7, 11) is 1.69. The Morgan fingerprint density at radius 1 is 1.45 bits per heavy atom. The molecule has 3 atom stereocenters. The summed E-state index contributed by atoms with van der Waals surface area (Å²) in [6, 6.07) is 7.91. The summed E-state index contributed by atoms with van der Waals surface area (Å²) in [5, 5.41) is 8.98. The van der Waals surface area contributed by atoms with Crippen molar-refractivity contribution in [1.82, 2.24) is 4.90 Å². The molecule has 1 unspecified atom stereocenters. The van der Waals surface area contributed by atoms with Gasteiger partial charge in [-0.2, -0.15) is 0 Å². The molecule has 1 N–H and O–H groups in total. The number of carbonyl (C=O) groups is 2. The standard InChI is InChI=1S/C17H21NO4/c1-11(16(20)21)10-18(2)15(19)13-9-17(13)7-8-22-14-6-4-3-5-12(14)17/h3-6,11,13H,7-10H2,1-2H3,(H,20,21)/t11?,13-,17-/m0/s1. The topological polar surface area (TPSA) is 66.8 Å². The van der Waals surface area contributed by atoms with Crippen molar-refractivity contribution in [1.29, 1.82) is 0 Å². The van der Waals surface area contributed by atoms with Crippen molar-refractivity contribution in [2.75, 3.05) is 20.2 Å². The predicted octanol–water partition coefficient (Wildman–Crippen LogP) is 1.91. The van der Waals surface area contributed by atoms with E-state index < -0.39 is 11.9 Å². The van der Waals surface area contributed by atoms with E-state index in [0.29, 0.717) is 6.61 Å². The van der Waals surface area contributed by atoms with E-state index >= 15 is 0 Å². The normalized spacial score (nSPS) is 26.7. The van der Waals surface area contributed by atoms with E-state index in [0.717, 1.165) is 24.2 Å². The van der Waals surface area contributed by atoms with Crippen molar-refractivity contribution < 1.29 is 19.4 Å². The lowest BCUT2D eigenvalue weighted by molar-refractivity contribution is -0.143. The smallest absolute Gasteiger partial charge is 0.308 e. The SMILES string of the molecule is CC(CN(C)C(=O)[C@@H]1C[C@]12CCOc1ccccc12)C(=O)O. The van der Waals surface area contributed by atoms with Crippen LogP contribution in [0.15, 0.2) is 24.3 Å². The minimum atomic E-state index is -0.874. The van der Waals surface area contributed by atoms with Gasteiger partial charge in [-0.25, -0.2) is 0 Å². The van der Waals surface area contributed by atoms with Gasteiger partial charge in [0.25, 0.3) is 0 Å². The van der Waals surface area contributed by atoms with Crippen molar-refractivity contribution in [2.45, 2.75) is 25.2 Å². The molecule has 1 heterocycles. The van der Waals surface area contributed by atoms with E-state index in [1.165, 1.54) is 0 Å². The number of amides is 1. The predicted molar refractivity (Wildman–Crippen MR) is 80.8 cm³/mol. The lowest BCUT2D eigenvalue weighted by Crippen LogP contribution is -2.37. The Balaban J connectivity index is 1.74. The third-order valence-electron chi connectivity index (χ3n) is 4.95. The summed E-state index contributed by atoms with van der Waals surface area (Å²) in [4.78, 5) is 25.2. The quantitative estimate of drug-likeness (QED) is 0.922. The van der Waals surface area contributed by atoms with E-state index in [9.17, 15) is 9.59 Å². The fraction of sp³-hybridized carbons (Fsp3) is 0.529. The van der Waals surface area contributed by atoms with E-state index in [-0.39, 0.29) is 23.8 Å². The van der Waals surface area contributed by atoms with E-state index in [1.807, 2.05) is 24.3 Å². The van der Waals surface area contributed by atoms with Crippen LogP contribution in [0.2, 0.25) is 0 Å². The van der Waals surface area contributed by atoms with E-state index in [4.69, 9.17) is 9.84 Å². The second-order valence-corrected chi connectivity index (χ2v) is 6.47. The number of benzene rings is 1. The van der Waals surface area contributed by atoms with Crippen LogP contribution < -0.4 is 4.74 Å². The molecule has 0 bridgehead atoms. The molecular formula is C17H21NO4. The highest BCUT2D eigenvalue weighted by Crippen LogP contribution is 2.61. The molecule has 0 radical (unpaired) electrons. The number of ether oxygens (including phenoxy) is 1. The summed E-state index contributed by atoms with van der Waals surface area (Å²) in [6.07, 6.45) is 1.68. The number of rotatable bonds is 4. The first kappa shape index (κ1) is 14.9. The minimum Gasteiger partial charge on any atom is -0.493 e. The van der Waals surface area contributed by atoms with Crippen molar-refractivity contribution in [2.24, 2.45) is 11.8 Å².